The highest BCUT2D eigenvalue weighted by atomic mass is 16.6. The van der Waals surface area contributed by atoms with Gasteiger partial charge >= 0.3 is 0 Å². The predicted octanol–water partition coefficient (Wildman–Crippen LogP) is 3.07. The van der Waals surface area contributed by atoms with Crippen LogP contribution in [0, 0.1) is 21.4 Å². The van der Waals surface area contributed by atoms with Crippen molar-refractivity contribution in [2.24, 2.45) is 0 Å². The lowest BCUT2D eigenvalue weighted by Gasteiger charge is -2.20. The second-order valence-corrected chi connectivity index (χ2v) is 5.55. The molecule has 0 atom stereocenters. The molecule has 130 valence electrons. The molecule has 0 unspecified atom stereocenters. The van der Waals surface area contributed by atoms with Crippen molar-refractivity contribution in [2.45, 2.75) is 13.5 Å². The highest BCUT2D eigenvalue weighted by Gasteiger charge is 2.19. The third kappa shape index (κ3) is 3.52. The van der Waals surface area contributed by atoms with Crippen LogP contribution in [-0.2, 0) is 6.54 Å². The van der Waals surface area contributed by atoms with Crippen molar-refractivity contribution in [3.63, 3.8) is 0 Å². The Kier molecular flexibility index (Phi) is 4.90. The van der Waals surface area contributed by atoms with Gasteiger partial charge in [-0.15, -0.1) is 15.0 Å². The van der Waals surface area contributed by atoms with Gasteiger partial charge in [0.05, 0.1) is 10.6 Å². The summed E-state index contributed by atoms with van der Waals surface area (Å²) in [5, 5.41) is 29.0. The van der Waals surface area contributed by atoms with Crippen molar-refractivity contribution < 1.29 is 4.92 Å². The van der Waals surface area contributed by atoms with Gasteiger partial charge < -0.3 is 4.90 Å². The Hall–Kier alpha value is -3.73. The van der Waals surface area contributed by atoms with E-state index in [9.17, 15) is 15.4 Å². The van der Waals surface area contributed by atoms with Crippen LogP contribution in [0.2, 0.25) is 0 Å². The number of benzene rings is 2. The van der Waals surface area contributed by atoms with E-state index < -0.39 is 4.92 Å². The second-order valence-electron chi connectivity index (χ2n) is 5.55. The van der Waals surface area contributed by atoms with Gasteiger partial charge in [-0.2, -0.15) is 5.26 Å². The van der Waals surface area contributed by atoms with Crippen LogP contribution in [0.5, 0.6) is 0 Å². The zero-order valence-corrected chi connectivity index (χ0v) is 14.1. The predicted molar refractivity (Wildman–Crippen MR) is 95.9 cm³/mol. The summed E-state index contributed by atoms with van der Waals surface area (Å²) in [6.07, 6.45) is 0. The largest absolute Gasteiger partial charge is 0.349 e. The molecule has 0 saturated heterocycles. The second kappa shape index (κ2) is 7.44. The third-order valence-corrected chi connectivity index (χ3v) is 3.87. The summed E-state index contributed by atoms with van der Waals surface area (Å²) < 4.78 is 0. The van der Waals surface area contributed by atoms with Gasteiger partial charge in [0.25, 0.3) is 5.69 Å². The average molecular weight is 348 g/mol. The van der Waals surface area contributed by atoms with Crippen LogP contribution in [0.1, 0.15) is 18.2 Å². The molecule has 3 aromatic rings. The molecule has 8 heteroatoms. The number of nitro benzene ring substituents is 1. The minimum Gasteiger partial charge on any atom is -0.349 e. The van der Waals surface area contributed by atoms with Gasteiger partial charge in [-0.25, -0.2) is 0 Å². The smallest absolute Gasteiger partial charge is 0.271 e. The molecule has 0 N–H and O–H groups in total. The van der Waals surface area contributed by atoms with E-state index >= 15 is 0 Å². The highest BCUT2D eigenvalue weighted by Crippen LogP contribution is 2.21. The number of nitriles is 1. The summed E-state index contributed by atoms with van der Waals surface area (Å²) in [7, 11) is 0. The summed E-state index contributed by atoms with van der Waals surface area (Å²) >= 11 is 0. The van der Waals surface area contributed by atoms with Crippen molar-refractivity contribution >= 4 is 11.5 Å². The number of hydrogen-bond acceptors (Lipinski definition) is 6. The van der Waals surface area contributed by atoms with E-state index in [1.54, 1.807) is 12.1 Å². The maximum Gasteiger partial charge on any atom is 0.271 e. The SMILES string of the molecule is CCN(Cc1ccccc1)c1nn(-c2cccc([N+](=O)[O-])c2)nc1C#N. The maximum atomic E-state index is 11.0. The molecule has 1 aromatic heterocycles. The molecule has 1 heterocycles. The number of nitro groups is 1. The van der Waals surface area contributed by atoms with Gasteiger partial charge in [0.2, 0.25) is 5.69 Å². The van der Waals surface area contributed by atoms with Crippen LogP contribution in [0.4, 0.5) is 11.5 Å². The Morgan fingerprint density at radius 2 is 1.96 bits per heavy atom. The van der Waals surface area contributed by atoms with Gasteiger partial charge in [-0.3, -0.25) is 10.1 Å². The number of aromatic nitrogens is 3. The molecule has 0 saturated carbocycles. The van der Waals surface area contributed by atoms with Crippen molar-refractivity contribution in [3.8, 4) is 11.8 Å². The first-order chi connectivity index (χ1) is 12.6. The minimum absolute atomic E-state index is 0.0588. The summed E-state index contributed by atoms with van der Waals surface area (Å²) in [6, 6.07) is 17.9. The highest BCUT2D eigenvalue weighted by molar-refractivity contribution is 5.51. The number of nitrogens with zero attached hydrogens (tertiary/aromatic N) is 6. The summed E-state index contributed by atoms with van der Waals surface area (Å²) in [5.41, 5.74) is 1.63. The van der Waals surface area contributed by atoms with E-state index in [1.165, 1.54) is 16.9 Å². The topological polar surface area (TPSA) is 101 Å². The summed E-state index contributed by atoms with van der Waals surface area (Å²) in [6.45, 7) is 3.19. The van der Waals surface area contributed by atoms with Gasteiger partial charge in [-0.05, 0) is 18.6 Å². The Morgan fingerprint density at radius 1 is 1.19 bits per heavy atom. The van der Waals surface area contributed by atoms with Crippen LogP contribution in [0.15, 0.2) is 54.6 Å². The molecule has 8 nitrogen and oxygen atoms in total. The zero-order chi connectivity index (χ0) is 18.5. The molecule has 0 spiro atoms. The van der Waals surface area contributed by atoms with E-state index in [2.05, 4.69) is 16.3 Å². The van der Waals surface area contributed by atoms with Gasteiger partial charge in [0.1, 0.15) is 6.07 Å². The van der Waals surface area contributed by atoms with E-state index in [-0.39, 0.29) is 11.4 Å². The van der Waals surface area contributed by atoms with E-state index in [0.29, 0.717) is 24.6 Å². The molecule has 0 radical (unpaired) electrons. The molecule has 0 aliphatic heterocycles. The Labute approximate surface area is 150 Å². The van der Waals surface area contributed by atoms with Crippen LogP contribution in [0.3, 0.4) is 0 Å². The first-order valence-electron chi connectivity index (χ1n) is 8.03. The van der Waals surface area contributed by atoms with E-state index in [1.807, 2.05) is 42.2 Å². The first kappa shape index (κ1) is 17.1. The Morgan fingerprint density at radius 3 is 2.62 bits per heavy atom. The third-order valence-electron chi connectivity index (χ3n) is 3.87. The number of hydrogen-bond donors (Lipinski definition) is 0. The summed E-state index contributed by atoms with van der Waals surface area (Å²) in [5.74, 6) is 0.449. The zero-order valence-electron chi connectivity index (χ0n) is 14.1. The molecule has 0 amide bonds. The van der Waals surface area contributed by atoms with Gasteiger partial charge in [-0.1, -0.05) is 36.4 Å². The normalized spacial score (nSPS) is 10.3. The van der Waals surface area contributed by atoms with Crippen LogP contribution >= 0.6 is 0 Å². The van der Waals surface area contributed by atoms with Gasteiger partial charge in [0.15, 0.2) is 5.82 Å². The monoisotopic (exact) mass is 348 g/mol. The van der Waals surface area contributed by atoms with Crippen molar-refractivity contribution in [1.29, 1.82) is 5.26 Å². The molecule has 0 aliphatic rings. The van der Waals surface area contributed by atoms with Crippen LogP contribution < -0.4 is 4.90 Å². The Balaban J connectivity index is 1.97. The number of rotatable bonds is 6. The number of anilines is 1. The van der Waals surface area contributed by atoms with Crippen molar-refractivity contribution in [1.82, 2.24) is 15.0 Å². The fourth-order valence-corrected chi connectivity index (χ4v) is 2.57. The van der Waals surface area contributed by atoms with Crippen molar-refractivity contribution in [2.75, 3.05) is 11.4 Å². The van der Waals surface area contributed by atoms with Crippen LogP contribution in [-0.4, -0.2) is 26.5 Å². The van der Waals surface area contributed by atoms with E-state index in [0.717, 1.165) is 5.56 Å². The molecule has 3 rings (SSSR count). The quantitative estimate of drug-likeness (QED) is 0.501. The lowest BCUT2D eigenvalue weighted by Crippen LogP contribution is -2.23. The van der Waals surface area contributed by atoms with E-state index in [4.69, 9.17) is 0 Å². The molecule has 0 aliphatic carbocycles. The van der Waals surface area contributed by atoms with Crippen LogP contribution in [0.25, 0.3) is 5.69 Å². The lowest BCUT2D eigenvalue weighted by molar-refractivity contribution is -0.384. The van der Waals surface area contributed by atoms with Gasteiger partial charge in [0, 0.05) is 25.2 Å². The fraction of sp³-hybridized carbons (Fsp3) is 0.167. The summed E-state index contributed by atoms with van der Waals surface area (Å²) in [4.78, 5) is 13.7. The standard InChI is InChI=1S/C18H16N6O2/c1-2-22(13-14-7-4-3-5-8-14)18-17(12-19)20-23(21-18)15-9-6-10-16(11-15)24(25)26/h3-11H,2,13H2,1H3. The molecule has 0 bridgehead atoms. The molecule has 26 heavy (non-hydrogen) atoms. The fourth-order valence-electron chi connectivity index (χ4n) is 2.57. The number of non-ortho nitro benzene ring substituents is 1. The average Bonchev–Trinajstić information content (AvgIpc) is 3.11. The molecular weight excluding hydrogens is 332 g/mol. The molecule has 2 aromatic carbocycles. The van der Waals surface area contributed by atoms with Crippen molar-refractivity contribution in [3.05, 3.63) is 76.0 Å². The maximum absolute atomic E-state index is 11.0. The molecular formula is C18H16N6O2. The minimum atomic E-state index is -0.479. The molecule has 0 fully saturated rings. The Bertz CT molecular complexity index is 961. The lowest BCUT2D eigenvalue weighted by atomic mass is 10.2. The first-order valence-corrected chi connectivity index (χ1v) is 8.03.